The first-order valence-electron chi connectivity index (χ1n) is 10.5. The van der Waals surface area contributed by atoms with Crippen molar-refractivity contribution in [3.63, 3.8) is 0 Å². The van der Waals surface area contributed by atoms with Crippen molar-refractivity contribution < 1.29 is 0 Å². The first kappa shape index (κ1) is 19.4. The molecule has 0 aliphatic carbocycles. The number of fused-ring (bicyclic) bond motifs is 10. The maximum atomic E-state index is 13.4. The van der Waals surface area contributed by atoms with E-state index in [4.69, 9.17) is 0 Å². The third-order valence-corrected chi connectivity index (χ3v) is 6.58. The molecule has 0 aliphatic heterocycles. The van der Waals surface area contributed by atoms with Gasteiger partial charge in [0, 0.05) is 10.8 Å². The minimum absolute atomic E-state index is 0.135. The zero-order chi connectivity index (χ0) is 24.9. The Bertz CT molecular complexity index is 2280. The van der Waals surface area contributed by atoms with E-state index in [0.717, 1.165) is 0 Å². The summed E-state index contributed by atoms with van der Waals surface area (Å²) < 4.78 is 2.76. The molecule has 0 amide bonds. The fourth-order valence-electron chi connectivity index (χ4n) is 4.95. The van der Waals surface area contributed by atoms with Crippen molar-refractivity contribution in [3.8, 4) is 24.3 Å². The van der Waals surface area contributed by atoms with Gasteiger partial charge in [0.05, 0.1) is 55.1 Å². The van der Waals surface area contributed by atoms with E-state index in [1.807, 2.05) is 24.3 Å². The molecule has 4 heterocycles. The predicted octanol–water partition coefficient (Wildman–Crippen LogP) is 2.68. The molecule has 4 aromatic heterocycles. The van der Waals surface area contributed by atoms with Crippen molar-refractivity contribution in [2.24, 2.45) is 0 Å². The van der Waals surface area contributed by atoms with Gasteiger partial charge in [-0.15, -0.1) is 0 Å². The Balaban J connectivity index is 1.64. The monoisotopic (exact) mass is 462 g/mol. The van der Waals surface area contributed by atoms with Crippen LogP contribution in [0.2, 0.25) is 0 Å². The molecule has 3 aromatic carbocycles. The summed E-state index contributed by atoms with van der Waals surface area (Å²) in [4.78, 5) is 35.9. The van der Waals surface area contributed by atoms with E-state index in [2.05, 4.69) is 9.97 Å². The van der Waals surface area contributed by atoms with Crippen LogP contribution in [0.5, 0.6) is 0 Å². The Kier molecular flexibility index (Phi) is 3.37. The van der Waals surface area contributed by atoms with E-state index in [1.54, 1.807) is 12.1 Å². The summed E-state index contributed by atoms with van der Waals surface area (Å²) in [6.07, 6.45) is 0. The van der Waals surface area contributed by atoms with Crippen LogP contribution >= 0.6 is 0 Å². The average Bonchev–Trinajstić information content (AvgIpc) is 3.60. The summed E-state index contributed by atoms with van der Waals surface area (Å²) in [6, 6.07) is 16.9. The van der Waals surface area contributed by atoms with Gasteiger partial charge in [-0.3, -0.25) is 18.4 Å². The second-order valence-electron chi connectivity index (χ2n) is 8.32. The fraction of sp³-hybridized carbons (Fsp3) is 0. The van der Waals surface area contributed by atoms with E-state index in [9.17, 15) is 30.6 Å². The average molecular weight is 462 g/mol. The van der Waals surface area contributed by atoms with Crippen molar-refractivity contribution in [2.75, 3.05) is 0 Å². The molecule has 36 heavy (non-hydrogen) atoms. The molecule has 162 valence electrons. The SMILES string of the molecule is N#Cc1cc2nc3c4cc5c(=O)n6c7cc(C#N)c(C#N)cc7nc6c5cc4c(=O)n3c2cc1C#N. The second-order valence-corrected chi connectivity index (χ2v) is 8.32. The number of aromatic nitrogens is 4. The maximum Gasteiger partial charge on any atom is 0.264 e. The molecule has 0 radical (unpaired) electrons. The number of hydrogen-bond donors (Lipinski definition) is 0. The van der Waals surface area contributed by atoms with E-state index in [1.165, 1.54) is 33.1 Å². The van der Waals surface area contributed by atoms with Crippen LogP contribution in [-0.4, -0.2) is 18.8 Å². The summed E-state index contributed by atoms with van der Waals surface area (Å²) in [7, 11) is 0. The van der Waals surface area contributed by atoms with Crippen LogP contribution in [0, 0.1) is 45.3 Å². The minimum Gasteiger partial charge on any atom is -0.268 e. The highest BCUT2D eigenvalue weighted by atomic mass is 16.1. The third-order valence-electron chi connectivity index (χ3n) is 6.58. The lowest BCUT2D eigenvalue weighted by Gasteiger charge is -1.95. The summed E-state index contributed by atoms with van der Waals surface area (Å²) in [5, 5.41) is 39.0. The molecule has 0 saturated heterocycles. The summed E-state index contributed by atoms with van der Waals surface area (Å²) in [6.45, 7) is 0. The van der Waals surface area contributed by atoms with Crippen LogP contribution in [0.3, 0.4) is 0 Å². The molecule has 0 N–H and O–H groups in total. The Labute approximate surface area is 198 Å². The highest BCUT2D eigenvalue weighted by Crippen LogP contribution is 2.31. The van der Waals surface area contributed by atoms with Gasteiger partial charge in [-0.1, -0.05) is 0 Å². The van der Waals surface area contributed by atoms with Gasteiger partial charge in [-0.2, -0.15) is 21.0 Å². The predicted molar refractivity (Wildman–Crippen MR) is 128 cm³/mol. The fourth-order valence-corrected chi connectivity index (χ4v) is 4.95. The number of nitriles is 4. The lowest BCUT2D eigenvalue weighted by molar-refractivity contribution is 1.21. The van der Waals surface area contributed by atoms with E-state index in [0.29, 0.717) is 54.9 Å². The van der Waals surface area contributed by atoms with Crippen LogP contribution in [-0.2, 0) is 0 Å². The van der Waals surface area contributed by atoms with Crippen molar-refractivity contribution in [2.45, 2.75) is 0 Å². The standard InChI is InChI=1S/C26H6N8O2/c27-7-11-1-19-21(3-13(11)9-29)33-23(31-19)15-5-18-16(6-17(15)25(33)35)24-32-20-2-12(8-28)14(10-30)4-22(20)34(24)26(18)36/h1-6H. The van der Waals surface area contributed by atoms with Crippen molar-refractivity contribution >= 4 is 54.9 Å². The quantitative estimate of drug-likeness (QED) is 0.332. The normalized spacial score (nSPS) is 11.4. The zero-order valence-electron chi connectivity index (χ0n) is 17.9. The lowest BCUT2D eigenvalue weighted by Crippen LogP contribution is -2.06. The molecular formula is C26H6N8O2. The number of imidazole rings is 2. The molecule has 0 atom stereocenters. The highest BCUT2D eigenvalue weighted by Gasteiger charge is 2.22. The minimum atomic E-state index is -0.376. The van der Waals surface area contributed by atoms with Gasteiger partial charge in [0.15, 0.2) is 0 Å². The van der Waals surface area contributed by atoms with Gasteiger partial charge in [0.25, 0.3) is 11.1 Å². The first-order chi connectivity index (χ1) is 17.5. The van der Waals surface area contributed by atoms with Crippen molar-refractivity contribution in [1.29, 1.82) is 21.0 Å². The summed E-state index contributed by atoms with van der Waals surface area (Å²) in [5.41, 5.74) is 2.05. The molecule has 0 spiro atoms. The molecule has 0 fully saturated rings. The molecule has 0 saturated carbocycles. The number of benzene rings is 3. The van der Waals surface area contributed by atoms with Crippen LogP contribution in [0.4, 0.5) is 0 Å². The molecule has 0 unspecified atom stereocenters. The number of hydrogen-bond acceptors (Lipinski definition) is 8. The molecule has 7 aromatic rings. The summed E-state index contributed by atoms with van der Waals surface area (Å²) >= 11 is 0. The van der Waals surface area contributed by atoms with Crippen LogP contribution in [0.25, 0.3) is 54.9 Å². The third kappa shape index (κ3) is 2.11. The van der Waals surface area contributed by atoms with Gasteiger partial charge < -0.3 is 0 Å². The van der Waals surface area contributed by atoms with Crippen molar-refractivity contribution in [3.05, 3.63) is 79.4 Å². The van der Waals surface area contributed by atoms with Gasteiger partial charge in [-0.25, -0.2) is 9.97 Å². The molecule has 10 nitrogen and oxygen atoms in total. The number of nitrogens with zero attached hydrogens (tertiary/aromatic N) is 8. The van der Waals surface area contributed by atoms with Crippen LogP contribution in [0.1, 0.15) is 22.3 Å². The Morgan fingerprint density at radius 2 is 0.889 bits per heavy atom. The van der Waals surface area contributed by atoms with E-state index < -0.39 is 0 Å². The smallest absolute Gasteiger partial charge is 0.264 e. The van der Waals surface area contributed by atoms with Crippen LogP contribution < -0.4 is 11.1 Å². The number of rotatable bonds is 0. The first-order valence-corrected chi connectivity index (χ1v) is 10.5. The van der Waals surface area contributed by atoms with Crippen molar-refractivity contribution in [1.82, 2.24) is 18.8 Å². The Morgan fingerprint density at radius 1 is 0.528 bits per heavy atom. The Hall–Kier alpha value is -6.10. The molecule has 10 heteroatoms. The zero-order valence-corrected chi connectivity index (χ0v) is 17.9. The van der Waals surface area contributed by atoms with E-state index >= 15 is 0 Å². The highest BCUT2D eigenvalue weighted by molar-refractivity contribution is 6.11. The van der Waals surface area contributed by atoms with Gasteiger partial charge in [0.1, 0.15) is 35.6 Å². The van der Waals surface area contributed by atoms with Gasteiger partial charge in [0.2, 0.25) is 0 Å². The van der Waals surface area contributed by atoms with Crippen LogP contribution in [0.15, 0.2) is 46.0 Å². The van der Waals surface area contributed by atoms with E-state index in [-0.39, 0.29) is 33.4 Å². The lowest BCUT2D eigenvalue weighted by atomic mass is 10.1. The van der Waals surface area contributed by atoms with Gasteiger partial charge in [-0.05, 0) is 36.4 Å². The topological polar surface area (TPSA) is 164 Å². The summed E-state index contributed by atoms with van der Waals surface area (Å²) in [5.74, 6) is 0. The Morgan fingerprint density at radius 3 is 1.25 bits per heavy atom. The maximum absolute atomic E-state index is 13.4. The largest absolute Gasteiger partial charge is 0.268 e. The molecular weight excluding hydrogens is 456 g/mol. The molecule has 7 rings (SSSR count). The second kappa shape index (κ2) is 6.27. The molecule has 0 aliphatic rings. The van der Waals surface area contributed by atoms with Gasteiger partial charge >= 0.3 is 0 Å². The molecule has 0 bridgehead atoms.